The summed E-state index contributed by atoms with van der Waals surface area (Å²) in [5.74, 6) is 0.755. The molecular formula is C24H33NO4S. The van der Waals surface area contributed by atoms with Crippen LogP contribution in [0.15, 0.2) is 29.2 Å². The van der Waals surface area contributed by atoms with Crippen molar-refractivity contribution in [3.63, 3.8) is 0 Å². The molecule has 3 aliphatic carbocycles. The Bertz CT molecular complexity index is 969. The maximum atomic E-state index is 14.0. The Morgan fingerprint density at radius 1 is 1.03 bits per heavy atom. The Balaban J connectivity index is 1.63. The molecule has 6 atom stereocenters. The molecule has 6 heteroatoms. The van der Waals surface area contributed by atoms with Crippen molar-refractivity contribution in [3.05, 3.63) is 29.8 Å². The molecule has 1 heterocycles. The summed E-state index contributed by atoms with van der Waals surface area (Å²) in [4.78, 5) is 13.4. The molecule has 0 amide bonds. The number of fused-ring (bicyclic) bond motifs is 5. The number of Topliss-reactive ketones (excluding diaryl/α,β-unsaturated/α-hetero) is 1. The number of carbonyl (C=O) groups is 1. The fourth-order valence-corrected chi connectivity index (χ4v) is 8.76. The van der Waals surface area contributed by atoms with Crippen molar-refractivity contribution < 1.29 is 17.9 Å². The van der Waals surface area contributed by atoms with Gasteiger partial charge in [-0.3, -0.25) is 4.79 Å². The van der Waals surface area contributed by atoms with Crippen LogP contribution >= 0.6 is 0 Å². The Kier molecular flexibility index (Phi) is 4.56. The lowest BCUT2D eigenvalue weighted by Gasteiger charge is -2.42. The smallest absolute Gasteiger partial charge is 0.245 e. The molecule has 4 fully saturated rings. The summed E-state index contributed by atoms with van der Waals surface area (Å²) in [6.45, 7) is 8.41. The first-order valence-electron chi connectivity index (χ1n) is 11.4. The molecule has 0 spiro atoms. The molecule has 0 aromatic heterocycles. The number of aryl methyl sites for hydroxylation is 1. The quantitative estimate of drug-likeness (QED) is 0.716. The van der Waals surface area contributed by atoms with E-state index in [1.807, 2.05) is 26.0 Å². The molecule has 5 nitrogen and oxygen atoms in total. The molecule has 30 heavy (non-hydrogen) atoms. The van der Waals surface area contributed by atoms with E-state index in [9.17, 15) is 13.2 Å². The molecule has 4 aliphatic rings. The monoisotopic (exact) mass is 431 g/mol. The van der Waals surface area contributed by atoms with Gasteiger partial charge in [0.15, 0.2) is 0 Å². The number of nitrogens with zero attached hydrogens (tertiary/aromatic N) is 1. The van der Waals surface area contributed by atoms with E-state index >= 15 is 0 Å². The highest BCUT2D eigenvalue weighted by Crippen LogP contribution is 2.64. The predicted molar refractivity (Wildman–Crippen MR) is 114 cm³/mol. The fraction of sp³-hybridized carbons (Fsp3) is 0.708. The zero-order valence-electron chi connectivity index (χ0n) is 18.4. The minimum absolute atomic E-state index is 0.0544. The summed E-state index contributed by atoms with van der Waals surface area (Å²) in [7, 11) is -3.79. The molecule has 3 saturated carbocycles. The normalized spacial score (nSPS) is 40.7. The van der Waals surface area contributed by atoms with Crippen LogP contribution in [0.25, 0.3) is 0 Å². The predicted octanol–water partition coefficient (Wildman–Crippen LogP) is 4.29. The van der Waals surface area contributed by atoms with Gasteiger partial charge in [-0.05, 0) is 68.9 Å². The van der Waals surface area contributed by atoms with Crippen molar-refractivity contribution in [3.8, 4) is 0 Å². The third-order valence-electron chi connectivity index (χ3n) is 8.78. The molecule has 5 rings (SSSR count). The average Bonchev–Trinajstić information content (AvgIpc) is 3.29. The SMILES string of the molecule is Cc1ccc(S(=O)(=O)N2[C@@H]3[C@H](O[C@@H]2[C@]2(C)CCCCC2=O)[C@@H]2CC[C@H]3C2(C)C)cc1. The highest BCUT2D eigenvalue weighted by Gasteiger charge is 2.70. The number of benzene rings is 1. The Morgan fingerprint density at radius 3 is 2.37 bits per heavy atom. The number of sulfonamides is 1. The van der Waals surface area contributed by atoms with Crippen LogP contribution in [-0.2, 0) is 19.6 Å². The van der Waals surface area contributed by atoms with Crippen LogP contribution in [0.1, 0.15) is 64.9 Å². The van der Waals surface area contributed by atoms with Gasteiger partial charge in [-0.25, -0.2) is 8.42 Å². The lowest BCUT2D eigenvalue weighted by molar-refractivity contribution is -0.148. The second-order valence-electron chi connectivity index (χ2n) is 10.8. The Labute approximate surface area is 180 Å². The third-order valence-corrected chi connectivity index (χ3v) is 10.6. The number of ketones is 1. The van der Waals surface area contributed by atoms with E-state index in [-0.39, 0.29) is 29.3 Å². The summed E-state index contributed by atoms with van der Waals surface area (Å²) in [5, 5.41) is 0. The molecule has 1 aromatic rings. The van der Waals surface area contributed by atoms with Crippen molar-refractivity contribution in [2.75, 3.05) is 0 Å². The van der Waals surface area contributed by atoms with Crippen molar-refractivity contribution >= 4 is 15.8 Å². The number of ether oxygens (including phenoxy) is 1. The molecule has 0 radical (unpaired) electrons. The van der Waals surface area contributed by atoms with E-state index in [1.165, 1.54) is 0 Å². The zero-order valence-corrected chi connectivity index (χ0v) is 19.2. The average molecular weight is 432 g/mol. The summed E-state index contributed by atoms with van der Waals surface area (Å²) < 4.78 is 36.3. The van der Waals surface area contributed by atoms with Crippen LogP contribution in [-0.4, -0.2) is 36.9 Å². The van der Waals surface area contributed by atoms with Crippen LogP contribution in [0.3, 0.4) is 0 Å². The van der Waals surface area contributed by atoms with E-state index in [0.29, 0.717) is 23.7 Å². The van der Waals surface area contributed by atoms with E-state index in [2.05, 4.69) is 13.8 Å². The van der Waals surface area contributed by atoms with Gasteiger partial charge in [0.25, 0.3) is 0 Å². The van der Waals surface area contributed by atoms with Gasteiger partial charge in [-0.1, -0.05) is 38.0 Å². The van der Waals surface area contributed by atoms with Crippen molar-refractivity contribution in [2.45, 2.75) is 89.5 Å². The van der Waals surface area contributed by atoms with Gasteiger partial charge >= 0.3 is 0 Å². The minimum Gasteiger partial charge on any atom is -0.356 e. The van der Waals surface area contributed by atoms with Crippen LogP contribution in [0.5, 0.6) is 0 Å². The molecule has 164 valence electrons. The lowest BCUT2D eigenvalue weighted by atomic mass is 9.73. The van der Waals surface area contributed by atoms with Gasteiger partial charge in [-0.2, -0.15) is 4.31 Å². The van der Waals surface area contributed by atoms with Gasteiger partial charge < -0.3 is 4.74 Å². The zero-order chi connectivity index (χ0) is 21.5. The number of rotatable bonds is 3. The molecule has 0 unspecified atom stereocenters. The van der Waals surface area contributed by atoms with Gasteiger partial charge in [0.1, 0.15) is 12.0 Å². The molecule has 2 bridgehead atoms. The van der Waals surface area contributed by atoms with Crippen molar-refractivity contribution in [1.29, 1.82) is 0 Å². The summed E-state index contributed by atoms with van der Waals surface area (Å²) >= 11 is 0. The van der Waals surface area contributed by atoms with Gasteiger partial charge in [-0.15, -0.1) is 0 Å². The standard InChI is InChI=1S/C24H33NO4S/c1-15-8-10-16(11-9-15)30(27,28)25-20-17-12-13-18(23(17,2)3)21(20)29-22(25)24(4)14-6-5-7-19(24)26/h8-11,17-18,20-22H,5-7,12-14H2,1-4H3/t17-,18+,20+,21-,22-,24-/m1/s1. The van der Waals surface area contributed by atoms with E-state index in [1.54, 1.807) is 16.4 Å². The number of carbonyl (C=O) groups excluding carboxylic acids is 1. The summed E-state index contributed by atoms with van der Waals surface area (Å²) in [6.07, 6.45) is 4.32. The van der Waals surface area contributed by atoms with Crippen LogP contribution in [0.4, 0.5) is 0 Å². The highest BCUT2D eigenvalue weighted by molar-refractivity contribution is 7.89. The topological polar surface area (TPSA) is 63.7 Å². The molecular weight excluding hydrogens is 398 g/mol. The van der Waals surface area contributed by atoms with E-state index in [0.717, 1.165) is 31.2 Å². The maximum Gasteiger partial charge on any atom is 0.245 e. The number of hydrogen-bond acceptors (Lipinski definition) is 4. The van der Waals surface area contributed by atoms with Gasteiger partial charge in [0, 0.05) is 6.42 Å². The van der Waals surface area contributed by atoms with Crippen LogP contribution in [0, 0.1) is 29.6 Å². The van der Waals surface area contributed by atoms with E-state index in [4.69, 9.17) is 4.74 Å². The van der Waals surface area contributed by atoms with Crippen molar-refractivity contribution in [1.82, 2.24) is 4.31 Å². The van der Waals surface area contributed by atoms with E-state index < -0.39 is 21.7 Å². The van der Waals surface area contributed by atoms with Crippen LogP contribution < -0.4 is 0 Å². The molecule has 0 N–H and O–H groups in total. The summed E-state index contributed by atoms with van der Waals surface area (Å²) in [5.41, 5.74) is 0.305. The van der Waals surface area contributed by atoms with Gasteiger partial charge in [0.2, 0.25) is 10.0 Å². The molecule has 1 saturated heterocycles. The largest absolute Gasteiger partial charge is 0.356 e. The molecule has 1 aromatic carbocycles. The fourth-order valence-electron chi connectivity index (χ4n) is 6.92. The third kappa shape index (κ3) is 2.66. The minimum atomic E-state index is -3.79. The highest BCUT2D eigenvalue weighted by atomic mass is 32.2. The first-order chi connectivity index (χ1) is 14.1. The first kappa shape index (κ1) is 20.7. The first-order valence-corrected chi connectivity index (χ1v) is 12.8. The second kappa shape index (κ2) is 6.63. The van der Waals surface area contributed by atoms with Crippen molar-refractivity contribution in [2.24, 2.45) is 22.7 Å². The number of hydrogen-bond donors (Lipinski definition) is 0. The van der Waals surface area contributed by atoms with Gasteiger partial charge in [0.05, 0.1) is 22.5 Å². The Hall–Kier alpha value is -1.24. The summed E-state index contributed by atoms with van der Waals surface area (Å²) in [6, 6.07) is 6.89. The molecule has 1 aliphatic heterocycles. The second-order valence-corrected chi connectivity index (χ2v) is 12.6. The maximum absolute atomic E-state index is 14.0. The van der Waals surface area contributed by atoms with Crippen LogP contribution in [0.2, 0.25) is 0 Å². The lowest BCUT2D eigenvalue weighted by Crippen LogP contribution is -2.54. The Morgan fingerprint density at radius 2 is 1.70 bits per heavy atom.